The van der Waals surface area contributed by atoms with E-state index in [0.29, 0.717) is 11.2 Å². The van der Waals surface area contributed by atoms with E-state index in [1.807, 2.05) is 0 Å². The molecule has 0 aromatic carbocycles. The summed E-state index contributed by atoms with van der Waals surface area (Å²) in [6.07, 6.45) is 1.49. The van der Waals surface area contributed by atoms with Gasteiger partial charge < -0.3 is 9.88 Å². The van der Waals surface area contributed by atoms with Gasteiger partial charge in [0.25, 0.3) is 5.56 Å². The van der Waals surface area contributed by atoms with Crippen LogP contribution in [0.5, 0.6) is 0 Å². The highest BCUT2D eigenvalue weighted by Gasteiger charge is 2.10. The minimum absolute atomic E-state index is 0.176. The third-order valence-electron chi connectivity index (χ3n) is 2.17. The summed E-state index contributed by atoms with van der Waals surface area (Å²) in [5.74, 6) is 0. The molecule has 0 aliphatic heterocycles. The second-order valence-corrected chi connectivity index (χ2v) is 3.23. The predicted molar refractivity (Wildman–Crippen MR) is 54.7 cm³/mol. The highest BCUT2D eigenvalue weighted by Crippen LogP contribution is 1.99. The molecule has 0 spiro atoms. The zero-order chi connectivity index (χ0) is 11.0. The van der Waals surface area contributed by atoms with Crippen LogP contribution >= 0.6 is 0 Å². The summed E-state index contributed by atoms with van der Waals surface area (Å²) in [6.45, 7) is 0.176. The predicted octanol–water partition coefficient (Wildman–Crippen LogP) is -1.40. The normalized spacial score (nSPS) is 11.1. The van der Waals surface area contributed by atoms with Gasteiger partial charge in [-0.25, -0.2) is 14.3 Å². The van der Waals surface area contributed by atoms with Crippen molar-refractivity contribution in [2.75, 3.05) is 7.05 Å². The first-order valence-electron chi connectivity index (χ1n) is 4.44. The van der Waals surface area contributed by atoms with E-state index in [9.17, 15) is 9.59 Å². The van der Waals surface area contributed by atoms with Crippen molar-refractivity contribution in [3.05, 3.63) is 27.2 Å². The van der Waals surface area contributed by atoms with Gasteiger partial charge in [-0.05, 0) is 7.05 Å². The molecule has 15 heavy (non-hydrogen) atoms. The van der Waals surface area contributed by atoms with Crippen molar-refractivity contribution in [3.63, 3.8) is 0 Å². The van der Waals surface area contributed by atoms with Gasteiger partial charge in [0.1, 0.15) is 0 Å². The summed E-state index contributed by atoms with van der Waals surface area (Å²) in [5.41, 5.74) is -0.0895. The maximum Gasteiger partial charge on any atom is 0.331 e. The molecule has 7 heteroatoms. The number of rotatable bonds is 2. The molecule has 7 nitrogen and oxygen atoms in total. The standard InChI is InChI=1S/C8H11N5O2/c1-9-3-13-7(14)5-6(11-8(13)15)10-4-12(5)2/h4,9H,3H2,1-2H3,(H,11,15). The number of hydrogen-bond acceptors (Lipinski definition) is 4. The first-order chi connectivity index (χ1) is 7.15. The van der Waals surface area contributed by atoms with Gasteiger partial charge in [0, 0.05) is 7.05 Å². The van der Waals surface area contributed by atoms with Crippen LogP contribution in [0.15, 0.2) is 15.9 Å². The fraction of sp³-hybridized carbons (Fsp3) is 0.375. The molecular formula is C8H11N5O2. The zero-order valence-electron chi connectivity index (χ0n) is 8.44. The van der Waals surface area contributed by atoms with Crippen molar-refractivity contribution in [3.8, 4) is 0 Å². The Bertz CT molecular complexity index is 606. The van der Waals surface area contributed by atoms with Crippen LogP contribution in [-0.4, -0.2) is 26.1 Å². The molecule has 0 amide bonds. The molecular weight excluding hydrogens is 198 g/mol. The van der Waals surface area contributed by atoms with Crippen LogP contribution in [0.2, 0.25) is 0 Å². The lowest BCUT2D eigenvalue weighted by Crippen LogP contribution is -2.38. The highest BCUT2D eigenvalue weighted by atomic mass is 16.2. The molecule has 2 N–H and O–H groups in total. The van der Waals surface area contributed by atoms with E-state index in [1.165, 1.54) is 6.33 Å². The molecule has 2 aromatic heterocycles. The quantitative estimate of drug-likeness (QED) is 0.637. The van der Waals surface area contributed by atoms with Crippen LogP contribution in [0, 0.1) is 0 Å². The SMILES string of the molecule is CNCn1c(=O)[nH]c2ncn(C)c2c1=O. The minimum Gasteiger partial charge on any atom is -0.328 e. The van der Waals surface area contributed by atoms with Crippen LogP contribution in [0.1, 0.15) is 0 Å². The fourth-order valence-electron chi connectivity index (χ4n) is 1.46. The Labute approximate surface area is 84.4 Å². The van der Waals surface area contributed by atoms with Crippen molar-refractivity contribution in [2.45, 2.75) is 6.67 Å². The molecule has 2 aromatic rings. The van der Waals surface area contributed by atoms with Gasteiger partial charge >= 0.3 is 5.69 Å². The molecule has 0 bridgehead atoms. The molecule has 0 fully saturated rings. The molecule has 0 aliphatic carbocycles. The number of aryl methyl sites for hydroxylation is 1. The maximum atomic E-state index is 11.9. The molecule has 0 unspecified atom stereocenters. The lowest BCUT2D eigenvalue weighted by atomic mass is 10.5. The van der Waals surface area contributed by atoms with Crippen LogP contribution in [-0.2, 0) is 13.7 Å². The van der Waals surface area contributed by atoms with Gasteiger partial charge in [0.05, 0.1) is 13.0 Å². The van der Waals surface area contributed by atoms with E-state index >= 15 is 0 Å². The van der Waals surface area contributed by atoms with E-state index in [1.54, 1.807) is 18.7 Å². The molecule has 2 heterocycles. The van der Waals surface area contributed by atoms with Gasteiger partial charge in [0.15, 0.2) is 11.2 Å². The molecule has 2 rings (SSSR count). The van der Waals surface area contributed by atoms with Crippen LogP contribution < -0.4 is 16.6 Å². The Morgan fingerprint density at radius 2 is 2.27 bits per heavy atom. The van der Waals surface area contributed by atoms with E-state index in [4.69, 9.17) is 0 Å². The van der Waals surface area contributed by atoms with E-state index in [2.05, 4.69) is 15.3 Å². The van der Waals surface area contributed by atoms with Crippen molar-refractivity contribution in [1.82, 2.24) is 24.4 Å². The lowest BCUT2D eigenvalue weighted by molar-refractivity contribution is 0.571. The van der Waals surface area contributed by atoms with Crippen molar-refractivity contribution in [1.29, 1.82) is 0 Å². The average molecular weight is 209 g/mol. The van der Waals surface area contributed by atoms with Crippen molar-refractivity contribution in [2.24, 2.45) is 7.05 Å². The summed E-state index contributed by atoms with van der Waals surface area (Å²) in [4.78, 5) is 29.8. The number of H-pyrrole nitrogens is 1. The molecule has 0 saturated carbocycles. The number of nitrogens with one attached hydrogen (secondary N) is 2. The summed E-state index contributed by atoms with van der Waals surface area (Å²) >= 11 is 0. The lowest BCUT2D eigenvalue weighted by Gasteiger charge is -2.03. The van der Waals surface area contributed by atoms with Gasteiger partial charge in [-0.2, -0.15) is 0 Å². The topological polar surface area (TPSA) is 84.7 Å². The molecule has 0 atom stereocenters. The number of imidazole rings is 1. The molecule has 0 aliphatic rings. The molecule has 80 valence electrons. The van der Waals surface area contributed by atoms with Gasteiger partial charge in [-0.15, -0.1) is 0 Å². The Hall–Kier alpha value is -1.89. The Morgan fingerprint density at radius 3 is 2.93 bits per heavy atom. The zero-order valence-corrected chi connectivity index (χ0v) is 8.44. The first kappa shape index (κ1) is 9.66. The second kappa shape index (κ2) is 3.35. The van der Waals surface area contributed by atoms with Crippen molar-refractivity contribution >= 4 is 11.2 Å². The first-order valence-corrected chi connectivity index (χ1v) is 4.44. The summed E-state index contributed by atoms with van der Waals surface area (Å²) < 4.78 is 2.67. The maximum absolute atomic E-state index is 11.9. The van der Waals surface area contributed by atoms with E-state index < -0.39 is 5.69 Å². The number of nitrogens with zero attached hydrogens (tertiary/aromatic N) is 3. The molecule has 0 radical (unpaired) electrons. The summed E-state index contributed by atoms with van der Waals surface area (Å²) in [5, 5.41) is 2.76. The van der Waals surface area contributed by atoms with Gasteiger partial charge in [-0.3, -0.25) is 9.78 Å². The average Bonchev–Trinajstić information content (AvgIpc) is 2.54. The highest BCUT2D eigenvalue weighted by molar-refractivity contribution is 5.68. The smallest absolute Gasteiger partial charge is 0.328 e. The number of aromatic nitrogens is 4. The second-order valence-electron chi connectivity index (χ2n) is 3.23. The van der Waals surface area contributed by atoms with Gasteiger partial charge in [0.2, 0.25) is 0 Å². The van der Waals surface area contributed by atoms with E-state index in [0.717, 1.165) is 4.57 Å². The van der Waals surface area contributed by atoms with Crippen LogP contribution in [0.3, 0.4) is 0 Å². The van der Waals surface area contributed by atoms with E-state index in [-0.39, 0.29) is 12.2 Å². The largest absolute Gasteiger partial charge is 0.331 e. The fourth-order valence-corrected chi connectivity index (χ4v) is 1.46. The molecule has 0 saturated heterocycles. The Morgan fingerprint density at radius 1 is 1.53 bits per heavy atom. The monoisotopic (exact) mass is 209 g/mol. The summed E-state index contributed by atoms with van der Waals surface area (Å²) in [6, 6.07) is 0. The Balaban J connectivity index is 2.88. The minimum atomic E-state index is -0.458. The van der Waals surface area contributed by atoms with Crippen LogP contribution in [0.25, 0.3) is 11.2 Å². The number of aromatic amines is 1. The Kier molecular flexibility index (Phi) is 2.16. The van der Waals surface area contributed by atoms with Gasteiger partial charge in [-0.1, -0.05) is 0 Å². The number of fused-ring (bicyclic) bond motifs is 1. The third kappa shape index (κ3) is 1.37. The summed E-state index contributed by atoms with van der Waals surface area (Å²) in [7, 11) is 3.37. The number of hydrogen-bond donors (Lipinski definition) is 2. The van der Waals surface area contributed by atoms with Crippen LogP contribution in [0.4, 0.5) is 0 Å². The van der Waals surface area contributed by atoms with Crippen molar-refractivity contribution < 1.29 is 0 Å². The third-order valence-corrected chi connectivity index (χ3v) is 2.17.